The van der Waals surface area contributed by atoms with Crippen LogP contribution in [0.2, 0.25) is 5.02 Å². The van der Waals surface area contributed by atoms with Gasteiger partial charge in [-0.2, -0.15) is 0 Å². The largest absolute Gasteiger partial charge is 0.492 e. The van der Waals surface area contributed by atoms with Gasteiger partial charge in [-0.25, -0.2) is 0 Å². The summed E-state index contributed by atoms with van der Waals surface area (Å²) in [7, 11) is 0. The summed E-state index contributed by atoms with van der Waals surface area (Å²) in [6, 6.07) is 5.65. The highest BCUT2D eigenvalue weighted by Crippen LogP contribution is 2.25. The van der Waals surface area contributed by atoms with Crippen molar-refractivity contribution in [3.8, 4) is 5.75 Å². The Labute approximate surface area is 112 Å². The molecule has 0 saturated heterocycles. The average molecular weight is 272 g/mol. The summed E-state index contributed by atoms with van der Waals surface area (Å²) < 4.78 is 5.34. The van der Waals surface area contributed by atoms with Gasteiger partial charge in [-0.1, -0.05) is 17.7 Å². The van der Waals surface area contributed by atoms with E-state index in [0.717, 1.165) is 5.56 Å². The predicted molar refractivity (Wildman–Crippen MR) is 71.2 cm³/mol. The van der Waals surface area contributed by atoms with Gasteiger partial charge in [0.25, 0.3) is 0 Å². The van der Waals surface area contributed by atoms with E-state index in [9.17, 15) is 4.79 Å². The maximum atomic E-state index is 10.3. The summed E-state index contributed by atoms with van der Waals surface area (Å²) in [6.45, 7) is 3.85. The van der Waals surface area contributed by atoms with Gasteiger partial charge in [0.05, 0.1) is 11.6 Å². The van der Waals surface area contributed by atoms with Crippen molar-refractivity contribution >= 4 is 17.6 Å². The summed E-state index contributed by atoms with van der Waals surface area (Å²) in [5.74, 6) is -0.0743. The van der Waals surface area contributed by atoms with E-state index < -0.39 is 5.97 Å². The van der Waals surface area contributed by atoms with Crippen molar-refractivity contribution in [2.24, 2.45) is 0 Å². The number of benzene rings is 1. The average Bonchev–Trinajstić information content (AvgIpc) is 2.32. The Balaban J connectivity index is 2.34. The number of hydrogen-bond acceptors (Lipinski definition) is 3. The van der Waals surface area contributed by atoms with Crippen LogP contribution in [-0.4, -0.2) is 24.2 Å². The highest BCUT2D eigenvalue weighted by atomic mass is 35.5. The minimum atomic E-state index is -0.763. The van der Waals surface area contributed by atoms with Crippen molar-refractivity contribution in [2.45, 2.75) is 26.3 Å². The molecule has 2 N–H and O–H groups in total. The zero-order valence-corrected chi connectivity index (χ0v) is 11.2. The van der Waals surface area contributed by atoms with E-state index in [0.29, 0.717) is 36.9 Å². The molecule has 0 aromatic heterocycles. The number of carbonyl (C=O) groups is 1. The first-order valence-electron chi connectivity index (χ1n) is 5.97. The third kappa shape index (κ3) is 5.38. The standard InChI is InChI=1S/C13H18ClNO3/c1-2-18-12-6-5-10(8-11(12)14)9-15-7-3-4-13(16)17/h5-6,8,15H,2-4,7,9H2,1H3,(H,16,17). The van der Waals surface area contributed by atoms with Crippen LogP contribution in [0.5, 0.6) is 5.75 Å². The minimum Gasteiger partial charge on any atom is -0.492 e. The number of rotatable bonds is 8. The molecule has 0 unspecified atom stereocenters. The lowest BCUT2D eigenvalue weighted by Crippen LogP contribution is -2.15. The zero-order chi connectivity index (χ0) is 13.4. The molecule has 1 aromatic rings. The number of aliphatic carboxylic acids is 1. The second-order valence-electron chi connectivity index (χ2n) is 3.87. The highest BCUT2D eigenvalue weighted by molar-refractivity contribution is 6.32. The van der Waals surface area contributed by atoms with Crippen LogP contribution >= 0.6 is 11.6 Å². The molecule has 0 spiro atoms. The SMILES string of the molecule is CCOc1ccc(CNCCCC(=O)O)cc1Cl. The quantitative estimate of drug-likeness (QED) is 0.714. The molecule has 4 nitrogen and oxygen atoms in total. The van der Waals surface area contributed by atoms with Crippen LogP contribution in [-0.2, 0) is 11.3 Å². The van der Waals surface area contributed by atoms with Crippen LogP contribution in [0.4, 0.5) is 0 Å². The van der Waals surface area contributed by atoms with Gasteiger partial charge in [0.1, 0.15) is 5.75 Å². The van der Waals surface area contributed by atoms with Crippen LogP contribution in [0.3, 0.4) is 0 Å². The Morgan fingerprint density at radius 1 is 1.50 bits per heavy atom. The minimum absolute atomic E-state index is 0.192. The number of halogens is 1. The molecular weight excluding hydrogens is 254 g/mol. The van der Waals surface area contributed by atoms with E-state index in [1.807, 2.05) is 25.1 Å². The van der Waals surface area contributed by atoms with Gasteiger partial charge < -0.3 is 15.2 Å². The Kier molecular flexibility index (Phi) is 6.54. The Morgan fingerprint density at radius 3 is 2.89 bits per heavy atom. The van der Waals surface area contributed by atoms with Gasteiger partial charge in [-0.3, -0.25) is 4.79 Å². The third-order valence-corrected chi connectivity index (χ3v) is 2.66. The van der Waals surface area contributed by atoms with E-state index in [-0.39, 0.29) is 6.42 Å². The van der Waals surface area contributed by atoms with E-state index in [2.05, 4.69) is 5.32 Å². The molecule has 1 aromatic carbocycles. The fourth-order valence-electron chi connectivity index (χ4n) is 1.52. The van der Waals surface area contributed by atoms with Crippen LogP contribution in [0, 0.1) is 0 Å². The molecule has 0 bridgehead atoms. The number of hydrogen-bond donors (Lipinski definition) is 2. The van der Waals surface area contributed by atoms with Crippen molar-refractivity contribution in [3.63, 3.8) is 0 Å². The summed E-state index contributed by atoms with van der Waals surface area (Å²) in [4.78, 5) is 10.3. The first-order valence-corrected chi connectivity index (χ1v) is 6.35. The summed E-state index contributed by atoms with van der Waals surface area (Å²) >= 11 is 6.06. The van der Waals surface area contributed by atoms with E-state index >= 15 is 0 Å². The van der Waals surface area contributed by atoms with Gasteiger partial charge in [-0.05, 0) is 37.6 Å². The smallest absolute Gasteiger partial charge is 0.303 e. The summed E-state index contributed by atoms with van der Waals surface area (Å²) in [6.07, 6.45) is 0.817. The molecular formula is C13H18ClNO3. The molecule has 0 aliphatic heterocycles. The second kappa shape index (κ2) is 7.95. The van der Waals surface area contributed by atoms with Crippen molar-refractivity contribution in [1.82, 2.24) is 5.32 Å². The van der Waals surface area contributed by atoms with Crippen LogP contribution in [0.15, 0.2) is 18.2 Å². The number of nitrogens with one attached hydrogen (secondary N) is 1. The molecule has 0 aliphatic rings. The fourth-order valence-corrected chi connectivity index (χ4v) is 1.78. The maximum absolute atomic E-state index is 10.3. The lowest BCUT2D eigenvalue weighted by molar-refractivity contribution is -0.137. The molecule has 0 atom stereocenters. The first kappa shape index (κ1) is 14.8. The van der Waals surface area contributed by atoms with E-state index in [1.54, 1.807) is 0 Å². The van der Waals surface area contributed by atoms with Gasteiger partial charge in [0.15, 0.2) is 0 Å². The second-order valence-corrected chi connectivity index (χ2v) is 4.28. The molecule has 0 amide bonds. The Bertz CT molecular complexity index is 396. The molecule has 5 heteroatoms. The molecule has 0 saturated carbocycles. The molecule has 0 radical (unpaired) electrons. The lowest BCUT2D eigenvalue weighted by Gasteiger charge is -2.08. The van der Waals surface area contributed by atoms with Crippen LogP contribution in [0.25, 0.3) is 0 Å². The monoisotopic (exact) mass is 271 g/mol. The zero-order valence-electron chi connectivity index (χ0n) is 10.4. The Morgan fingerprint density at radius 2 is 2.28 bits per heavy atom. The Hall–Kier alpha value is -1.26. The summed E-state index contributed by atoms with van der Waals surface area (Å²) in [5, 5.41) is 12.3. The molecule has 0 heterocycles. The van der Waals surface area contributed by atoms with Crippen LogP contribution < -0.4 is 10.1 Å². The molecule has 0 fully saturated rings. The fraction of sp³-hybridized carbons (Fsp3) is 0.462. The molecule has 18 heavy (non-hydrogen) atoms. The molecule has 100 valence electrons. The van der Waals surface area contributed by atoms with Gasteiger partial charge in [0, 0.05) is 13.0 Å². The van der Waals surface area contributed by atoms with Gasteiger partial charge in [0.2, 0.25) is 0 Å². The number of ether oxygens (including phenoxy) is 1. The predicted octanol–water partition coefficient (Wildman–Crippen LogP) is 2.69. The topological polar surface area (TPSA) is 58.6 Å². The summed E-state index contributed by atoms with van der Waals surface area (Å²) in [5.41, 5.74) is 1.05. The van der Waals surface area contributed by atoms with Crippen molar-refractivity contribution < 1.29 is 14.6 Å². The third-order valence-electron chi connectivity index (χ3n) is 2.37. The van der Waals surface area contributed by atoms with E-state index in [4.69, 9.17) is 21.4 Å². The van der Waals surface area contributed by atoms with Gasteiger partial charge >= 0.3 is 5.97 Å². The normalized spacial score (nSPS) is 10.3. The lowest BCUT2D eigenvalue weighted by atomic mass is 10.2. The number of carboxylic acid groups (broad SMARTS) is 1. The highest BCUT2D eigenvalue weighted by Gasteiger charge is 2.02. The van der Waals surface area contributed by atoms with Crippen molar-refractivity contribution in [1.29, 1.82) is 0 Å². The maximum Gasteiger partial charge on any atom is 0.303 e. The van der Waals surface area contributed by atoms with Crippen molar-refractivity contribution in [2.75, 3.05) is 13.2 Å². The van der Waals surface area contributed by atoms with E-state index in [1.165, 1.54) is 0 Å². The molecule has 0 aliphatic carbocycles. The first-order chi connectivity index (χ1) is 8.63. The van der Waals surface area contributed by atoms with Gasteiger partial charge in [-0.15, -0.1) is 0 Å². The molecule has 1 rings (SSSR count). The van der Waals surface area contributed by atoms with Crippen LogP contribution in [0.1, 0.15) is 25.3 Å². The van der Waals surface area contributed by atoms with Crippen molar-refractivity contribution in [3.05, 3.63) is 28.8 Å². The number of carboxylic acids is 1.